The van der Waals surface area contributed by atoms with Crippen LogP contribution in [0.1, 0.15) is 16.7 Å². The molecule has 0 aliphatic rings. The number of fused-ring (bicyclic) bond motifs is 6. The van der Waals surface area contributed by atoms with Crippen LogP contribution in [-0.4, -0.2) is 33.9 Å². The summed E-state index contributed by atoms with van der Waals surface area (Å²) in [4.78, 5) is 9.81. The molecule has 0 spiro atoms. The summed E-state index contributed by atoms with van der Waals surface area (Å²) in [7, 11) is 0. The first-order chi connectivity index (χ1) is 25.5. The zero-order valence-corrected chi connectivity index (χ0v) is 29.0. The van der Waals surface area contributed by atoms with Gasteiger partial charge in [-0.1, -0.05) is 90.5 Å². The molecule has 52 heavy (non-hydrogen) atoms. The minimum absolute atomic E-state index is 0.740. The molecule has 0 N–H and O–H groups in total. The second-order valence-electron chi connectivity index (χ2n) is 13.5. The molecular formula is C45H33N7. The van der Waals surface area contributed by atoms with E-state index in [0.29, 0.717) is 0 Å². The monoisotopic (exact) mass is 671 g/mol. The fourth-order valence-corrected chi connectivity index (χ4v) is 8.09. The molecule has 0 fully saturated rings. The Kier molecular flexibility index (Phi) is 6.70. The largest absolute Gasteiger partial charge is 0.294 e. The van der Waals surface area contributed by atoms with Crippen LogP contribution in [0, 0.1) is 20.8 Å². The van der Waals surface area contributed by atoms with E-state index in [0.717, 1.165) is 73.3 Å². The van der Waals surface area contributed by atoms with Gasteiger partial charge in [-0.15, -0.1) is 10.2 Å². The Hall–Kier alpha value is -6.86. The standard InChI is InChI=1S/C45H33N7/c1-28-24-29(2)43(30(3)25-28)52-44(31-20-22-46-41(26-31)50-37-16-8-4-12-33(37)34-13-5-9-17-38(34)50)48-49-45(52)32-21-23-47-42(27-32)51-39-18-10-6-14-35(39)36-15-7-11-19-40(36)51/h4-27H,1-3H3. The van der Waals surface area contributed by atoms with Gasteiger partial charge >= 0.3 is 0 Å². The van der Waals surface area contributed by atoms with Gasteiger partial charge in [-0.3, -0.25) is 13.7 Å². The number of hydrogen-bond donors (Lipinski definition) is 0. The average molecular weight is 672 g/mol. The lowest BCUT2D eigenvalue weighted by Crippen LogP contribution is -2.06. The number of para-hydroxylation sites is 4. The molecule has 7 nitrogen and oxygen atoms in total. The van der Waals surface area contributed by atoms with Gasteiger partial charge in [-0.2, -0.15) is 0 Å². The van der Waals surface area contributed by atoms with Gasteiger partial charge in [0.05, 0.1) is 27.8 Å². The van der Waals surface area contributed by atoms with Crippen molar-refractivity contribution in [2.75, 3.05) is 0 Å². The number of benzene rings is 5. The summed E-state index contributed by atoms with van der Waals surface area (Å²) in [6.45, 7) is 6.46. The number of aryl methyl sites for hydroxylation is 3. The van der Waals surface area contributed by atoms with Crippen molar-refractivity contribution in [1.29, 1.82) is 0 Å². The predicted octanol–water partition coefficient (Wildman–Crippen LogP) is 10.5. The van der Waals surface area contributed by atoms with Crippen LogP contribution < -0.4 is 0 Å². The van der Waals surface area contributed by atoms with Crippen molar-refractivity contribution in [2.24, 2.45) is 0 Å². The maximum absolute atomic E-state index is 4.93. The smallest absolute Gasteiger partial charge is 0.169 e. The minimum Gasteiger partial charge on any atom is -0.294 e. The molecule has 0 amide bonds. The Morgan fingerprint density at radius 1 is 0.404 bits per heavy atom. The molecule has 248 valence electrons. The van der Waals surface area contributed by atoms with E-state index >= 15 is 0 Å². The van der Waals surface area contributed by atoms with E-state index in [1.807, 2.05) is 24.5 Å². The third-order valence-electron chi connectivity index (χ3n) is 10.1. The SMILES string of the molecule is Cc1cc(C)c(-n2c(-c3ccnc(-n4c5ccccc5c5ccccc54)c3)nnc2-c2ccnc(-n3c4ccccc4c4ccccc43)c2)c(C)c1. The molecule has 0 radical (unpaired) electrons. The van der Waals surface area contributed by atoms with Crippen LogP contribution in [0.3, 0.4) is 0 Å². The highest BCUT2D eigenvalue weighted by molar-refractivity contribution is 6.10. The van der Waals surface area contributed by atoms with Crippen LogP contribution in [0.15, 0.2) is 146 Å². The molecule has 0 saturated heterocycles. The Balaban J connectivity index is 1.20. The first-order valence-corrected chi connectivity index (χ1v) is 17.5. The highest BCUT2D eigenvalue weighted by Gasteiger charge is 2.23. The van der Waals surface area contributed by atoms with E-state index in [-0.39, 0.29) is 0 Å². The Labute approximate surface area is 300 Å². The lowest BCUT2D eigenvalue weighted by molar-refractivity contribution is 1.02. The van der Waals surface area contributed by atoms with E-state index in [1.165, 1.54) is 27.1 Å². The third-order valence-corrected chi connectivity index (χ3v) is 10.1. The molecule has 5 aromatic heterocycles. The molecule has 0 aliphatic carbocycles. The number of pyridine rings is 2. The molecule has 0 aliphatic heterocycles. The van der Waals surface area contributed by atoms with Crippen LogP contribution in [-0.2, 0) is 0 Å². The van der Waals surface area contributed by atoms with Crippen molar-refractivity contribution < 1.29 is 0 Å². The summed E-state index contributed by atoms with van der Waals surface area (Å²) in [5.74, 6) is 3.12. The van der Waals surface area contributed by atoms with E-state index < -0.39 is 0 Å². The number of rotatable bonds is 5. The molecule has 10 aromatic rings. The van der Waals surface area contributed by atoms with Gasteiger partial charge in [0.15, 0.2) is 11.6 Å². The van der Waals surface area contributed by atoms with Crippen molar-refractivity contribution in [3.63, 3.8) is 0 Å². The van der Waals surface area contributed by atoms with Gasteiger partial charge in [0.1, 0.15) is 11.6 Å². The van der Waals surface area contributed by atoms with Crippen LogP contribution >= 0.6 is 0 Å². The van der Waals surface area contributed by atoms with Crippen LogP contribution in [0.4, 0.5) is 0 Å². The van der Waals surface area contributed by atoms with Crippen molar-refractivity contribution in [2.45, 2.75) is 20.8 Å². The quantitative estimate of drug-likeness (QED) is 0.183. The maximum atomic E-state index is 4.93. The first kappa shape index (κ1) is 30.0. The zero-order chi connectivity index (χ0) is 34.9. The lowest BCUT2D eigenvalue weighted by atomic mass is 10.0. The summed E-state index contributed by atoms with van der Waals surface area (Å²) >= 11 is 0. The number of hydrogen-bond acceptors (Lipinski definition) is 4. The Bertz CT molecular complexity index is 2710. The fraction of sp³-hybridized carbons (Fsp3) is 0.0667. The molecule has 5 heterocycles. The topological polar surface area (TPSA) is 66.3 Å². The predicted molar refractivity (Wildman–Crippen MR) is 211 cm³/mol. The second-order valence-corrected chi connectivity index (χ2v) is 13.5. The summed E-state index contributed by atoms with van der Waals surface area (Å²) in [5, 5.41) is 14.6. The van der Waals surface area contributed by atoms with E-state index in [2.05, 4.69) is 156 Å². The lowest BCUT2D eigenvalue weighted by Gasteiger charge is -2.18. The number of nitrogens with zero attached hydrogens (tertiary/aromatic N) is 7. The van der Waals surface area contributed by atoms with Crippen molar-refractivity contribution in [1.82, 2.24) is 33.9 Å². The Morgan fingerprint density at radius 3 is 1.15 bits per heavy atom. The van der Waals surface area contributed by atoms with Crippen molar-refractivity contribution >= 4 is 43.6 Å². The average Bonchev–Trinajstić information content (AvgIpc) is 3.85. The van der Waals surface area contributed by atoms with E-state index in [9.17, 15) is 0 Å². The van der Waals surface area contributed by atoms with Crippen LogP contribution in [0.25, 0.3) is 83.7 Å². The van der Waals surface area contributed by atoms with Crippen molar-refractivity contribution in [3.8, 4) is 40.1 Å². The van der Waals surface area contributed by atoms with E-state index in [1.54, 1.807) is 0 Å². The summed E-state index contributed by atoms with van der Waals surface area (Å²) in [6.07, 6.45) is 3.74. The summed E-state index contributed by atoms with van der Waals surface area (Å²) < 4.78 is 6.68. The normalized spacial score (nSPS) is 11.8. The highest BCUT2D eigenvalue weighted by atomic mass is 15.3. The fourth-order valence-electron chi connectivity index (χ4n) is 8.09. The van der Waals surface area contributed by atoms with Gasteiger partial charge in [0.25, 0.3) is 0 Å². The van der Waals surface area contributed by atoms with Gasteiger partial charge in [0.2, 0.25) is 0 Å². The molecular weight excluding hydrogens is 639 g/mol. The Morgan fingerprint density at radius 2 is 0.769 bits per heavy atom. The highest BCUT2D eigenvalue weighted by Crippen LogP contribution is 2.37. The molecule has 0 atom stereocenters. The van der Waals surface area contributed by atoms with Gasteiger partial charge < -0.3 is 0 Å². The molecule has 0 bridgehead atoms. The third kappa shape index (κ3) is 4.52. The van der Waals surface area contributed by atoms with Gasteiger partial charge in [-0.25, -0.2) is 9.97 Å². The minimum atomic E-state index is 0.740. The van der Waals surface area contributed by atoms with Crippen LogP contribution in [0.2, 0.25) is 0 Å². The first-order valence-electron chi connectivity index (χ1n) is 17.5. The van der Waals surface area contributed by atoms with Crippen molar-refractivity contribution in [3.05, 3.63) is 163 Å². The van der Waals surface area contributed by atoms with E-state index in [4.69, 9.17) is 20.2 Å². The van der Waals surface area contributed by atoms with Crippen LogP contribution in [0.5, 0.6) is 0 Å². The molecule has 5 aromatic carbocycles. The summed E-state index contributed by atoms with van der Waals surface area (Å²) in [5.41, 5.74) is 10.8. The maximum Gasteiger partial charge on any atom is 0.169 e. The molecule has 0 saturated carbocycles. The zero-order valence-electron chi connectivity index (χ0n) is 29.0. The molecule has 0 unspecified atom stereocenters. The summed E-state index contributed by atoms with van der Waals surface area (Å²) in [6, 6.07) is 46.7. The second kappa shape index (κ2) is 11.6. The molecule has 7 heteroatoms. The molecule has 10 rings (SSSR count). The van der Waals surface area contributed by atoms with Gasteiger partial charge in [-0.05, 0) is 80.4 Å². The van der Waals surface area contributed by atoms with Gasteiger partial charge in [0, 0.05) is 45.1 Å². The number of aromatic nitrogens is 7.